The molecule has 0 radical (unpaired) electrons. The maximum Gasteiger partial charge on any atom is 0.348 e. The molecular weight excluding hydrogens is 344 g/mol. The molecule has 2 rings (SSSR count). The van der Waals surface area contributed by atoms with Gasteiger partial charge in [0.15, 0.2) is 5.16 Å². The Morgan fingerprint density at radius 2 is 2.09 bits per heavy atom. The topological polar surface area (TPSA) is 61.3 Å². The average molecular weight is 361 g/mol. The van der Waals surface area contributed by atoms with E-state index in [-0.39, 0.29) is 12.6 Å². The van der Waals surface area contributed by atoms with Gasteiger partial charge in [0, 0.05) is 12.4 Å². The maximum absolute atomic E-state index is 12.1. The van der Waals surface area contributed by atoms with Gasteiger partial charge in [-0.3, -0.25) is 0 Å². The summed E-state index contributed by atoms with van der Waals surface area (Å²) in [4.78, 5) is 22.1. The number of fused-ring (bicyclic) bond motifs is 1. The summed E-state index contributed by atoms with van der Waals surface area (Å²) < 4.78 is 10.0. The summed E-state index contributed by atoms with van der Waals surface area (Å²) in [5, 5.41) is 2.07. The number of ether oxygens (including phenoxy) is 2. The third-order valence-electron chi connectivity index (χ3n) is 2.77. The number of thiophene rings is 1. The Morgan fingerprint density at radius 3 is 2.73 bits per heavy atom. The van der Waals surface area contributed by atoms with Gasteiger partial charge in [0.25, 0.3) is 0 Å². The minimum absolute atomic E-state index is 0.219. The SMILES string of the molecule is COCCOC(=O)c1sc2nc(SC(C)C)nc(Cl)c2c1C. The highest BCUT2D eigenvalue weighted by Gasteiger charge is 2.21. The zero-order valence-corrected chi connectivity index (χ0v) is 15.2. The zero-order chi connectivity index (χ0) is 16.3. The van der Waals surface area contributed by atoms with Crippen LogP contribution >= 0.6 is 34.7 Å². The van der Waals surface area contributed by atoms with Crippen molar-refractivity contribution in [2.24, 2.45) is 0 Å². The van der Waals surface area contributed by atoms with Crippen molar-refractivity contribution in [2.75, 3.05) is 20.3 Å². The summed E-state index contributed by atoms with van der Waals surface area (Å²) >= 11 is 9.08. The van der Waals surface area contributed by atoms with Crippen LogP contribution in [0.2, 0.25) is 5.15 Å². The fourth-order valence-electron chi connectivity index (χ4n) is 1.81. The van der Waals surface area contributed by atoms with Crippen molar-refractivity contribution in [3.8, 4) is 0 Å². The molecule has 5 nitrogen and oxygen atoms in total. The molecule has 0 aliphatic carbocycles. The summed E-state index contributed by atoms with van der Waals surface area (Å²) in [5.74, 6) is -0.383. The molecule has 0 amide bonds. The third-order valence-corrected chi connectivity index (χ3v) is 5.08. The minimum Gasteiger partial charge on any atom is -0.459 e. The largest absolute Gasteiger partial charge is 0.459 e. The zero-order valence-electron chi connectivity index (χ0n) is 12.8. The molecule has 0 aliphatic heterocycles. The second-order valence-electron chi connectivity index (χ2n) is 4.83. The van der Waals surface area contributed by atoms with Crippen LogP contribution in [0, 0.1) is 6.92 Å². The van der Waals surface area contributed by atoms with Gasteiger partial charge in [-0.1, -0.05) is 37.2 Å². The first-order valence-corrected chi connectivity index (χ1v) is 8.80. The van der Waals surface area contributed by atoms with Gasteiger partial charge in [-0.2, -0.15) is 0 Å². The lowest BCUT2D eigenvalue weighted by Gasteiger charge is -2.04. The molecule has 0 aromatic carbocycles. The second kappa shape index (κ2) is 7.59. The number of aromatic nitrogens is 2. The lowest BCUT2D eigenvalue weighted by molar-refractivity contribution is 0.0393. The van der Waals surface area contributed by atoms with E-state index in [4.69, 9.17) is 21.1 Å². The Balaban J connectivity index is 2.35. The summed E-state index contributed by atoms with van der Waals surface area (Å²) in [6.45, 7) is 6.54. The molecule has 22 heavy (non-hydrogen) atoms. The van der Waals surface area contributed by atoms with Crippen molar-refractivity contribution in [2.45, 2.75) is 31.2 Å². The van der Waals surface area contributed by atoms with Crippen LogP contribution in [0.4, 0.5) is 0 Å². The number of hydrogen-bond acceptors (Lipinski definition) is 7. The van der Waals surface area contributed by atoms with Crippen LogP contribution in [0.3, 0.4) is 0 Å². The van der Waals surface area contributed by atoms with E-state index in [9.17, 15) is 4.79 Å². The van der Waals surface area contributed by atoms with Crippen LogP contribution in [0.25, 0.3) is 10.2 Å². The number of rotatable bonds is 6. The summed E-state index contributed by atoms with van der Waals surface area (Å²) in [5.41, 5.74) is 0.758. The van der Waals surface area contributed by atoms with E-state index in [2.05, 4.69) is 23.8 Å². The first-order valence-electron chi connectivity index (χ1n) is 6.73. The number of thioether (sulfide) groups is 1. The van der Waals surface area contributed by atoms with Gasteiger partial charge >= 0.3 is 5.97 Å². The quantitative estimate of drug-likeness (QED) is 0.255. The van der Waals surface area contributed by atoms with E-state index < -0.39 is 0 Å². The molecule has 0 bridgehead atoms. The van der Waals surface area contributed by atoms with Crippen LogP contribution in [0.1, 0.15) is 29.1 Å². The molecule has 8 heteroatoms. The molecule has 120 valence electrons. The van der Waals surface area contributed by atoms with Gasteiger partial charge in [-0.15, -0.1) is 11.3 Å². The fraction of sp³-hybridized carbons (Fsp3) is 0.500. The molecule has 0 saturated carbocycles. The number of esters is 1. The van der Waals surface area contributed by atoms with Crippen molar-refractivity contribution in [1.29, 1.82) is 0 Å². The van der Waals surface area contributed by atoms with Gasteiger partial charge < -0.3 is 9.47 Å². The Kier molecular flexibility index (Phi) is 6.02. The van der Waals surface area contributed by atoms with E-state index in [1.54, 1.807) is 7.11 Å². The summed E-state index contributed by atoms with van der Waals surface area (Å²) in [7, 11) is 1.56. The highest BCUT2D eigenvalue weighted by atomic mass is 35.5. The predicted octanol–water partition coefficient (Wildman–Crippen LogP) is 3.96. The van der Waals surface area contributed by atoms with Gasteiger partial charge in [-0.05, 0) is 12.5 Å². The van der Waals surface area contributed by atoms with E-state index in [0.717, 1.165) is 10.9 Å². The van der Waals surface area contributed by atoms with Gasteiger partial charge in [0.1, 0.15) is 21.5 Å². The van der Waals surface area contributed by atoms with Crippen LogP contribution < -0.4 is 0 Å². The van der Waals surface area contributed by atoms with E-state index >= 15 is 0 Å². The fourth-order valence-corrected chi connectivity index (χ4v) is 4.07. The number of hydrogen-bond donors (Lipinski definition) is 0. The number of carbonyl (C=O) groups excluding carboxylic acids is 1. The predicted molar refractivity (Wildman–Crippen MR) is 90.3 cm³/mol. The molecule has 0 saturated heterocycles. The molecule has 0 atom stereocenters. The molecular formula is C14H17ClN2O3S2. The summed E-state index contributed by atoms with van der Waals surface area (Å²) in [6, 6.07) is 0. The van der Waals surface area contributed by atoms with E-state index in [0.29, 0.717) is 31.9 Å². The normalized spacial score (nSPS) is 11.4. The Bertz CT molecular complexity index is 688. The second-order valence-corrected chi connectivity index (χ2v) is 7.73. The number of halogens is 1. The number of nitrogens with zero attached hydrogens (tertiary/aromatic N) is 2. The first-order chi connectivity index (χ1) is 10.4. The molecule has 2 aromatic rings. The maximum atomic E-state index is 12.1. The van der Waals surface area contributed by atoms with Crippen LogP contribution in [0.15, 0.2) is 5.16 Å². The lowest BCUT2D eigenvalue weighted by atomic mass is 10.2. The van der Waals surface area contributed by atoms with Crippen molar-refractivity contribution < 1.29 is 14.3 Å². The third kappa shape index (κ3) is 3.90. The van der Waals surface area contributed by atoms with Crippen LogP contribution in [-0.4, -0.2) is 41.5 Å². The van der Waals surface area contributed by atoms with E-state index in [1.165, 1.54) is 23.1 Å². The highest BCUT2D eigenvalue weighted by Crippen LogP contribution is 2.35. The smallest absolute Gasteiger partial charge is 0.348 e. The van der Waals surface area contributed by atoms with Crippen molar-refractivity contribution >= 4 is 50.9 Å². The Labute approximate surface area is 142 Å². The molecule has 2 heterocycles. The Hall–Kier alpha value is -0.890. The molecule has 0 N–H and O–H groups in total. The molecule has 0 unspecified atom stereocenters. The molecule has 0 spiro atoms. The van der Waals surface area contributed by atoms with Gasteiger partial charge in [0.2, 0.25) is 0 Å². The van der Waals surface area contributed by atoms with Crippen LogP contribution in [-0.2, 0) is 9.47 Å². The number of carbonyl (C=O) groups is 1. The highest BCUT2D eigenvalue weighted by molar-refractivity contribution is 7.99. The van der Waals surface area contributed by atoms with Gasteiger partial charge in [-0.25, -0.2) is 14.8 Å². The molecule has 0 fully saturated rings. The lowest BCUT2D eigenvalue weighted by Crippen LogP contribution is -2.09. The van der Waals surface area contributed by atoms with Crippen molar-refractivity contribution in [3.05, 3.63) is 15.6 Å². The first kappa shape index (κ1) is 17.5. The molecule has 2 aromatic heterocycles. The monoisotopic (exact) mass is 360 g/mol. The number of aryl methyl sites for hydroxylation is 1. The number of methoxy groups -OCH3 is 1. The van der Waals surface area contributed by atoms with Gasteiger partial charge in [0.05, 0.1) is 12.0 Å². The van der Waals surface area contributed by atoms with Crippen molar-refractivity contribution in [1.82, 2.24) is 9.97 Å². The average Bonchev–Trinajstić information content (AvgIpc) is 2.75. The summed E-state index contributed by atoms with van der Waals surface area (Å²) in [6.07, 6.45) is 0. The standard InChI is InChI=1S/C14H17ClN2O3S2/c1-7(2)21-14-16-11(15)9-8(3)10(22-12(9)17-14)13(18)20-6-5-19-4/h7H,5-6H2,1-4H3. The Morgan fingerprint density at radius 1 is 1.36 bits per heavy atom. The minimum atomic E-state index is -0.383. The van der Waals surface area contributed by atoms with Crippen molar-refractivity contribution in [3.63, 3.8) is 0 Å². The van der Waals surface area contributed by atoms with E-state index in [1.807, 2.05) is 6.92 Å². The van der Waals surface area contributed by atoms with Crippen LogP contribution in [0.5, 0.6) is 0 Å². The molecule has 0 aliphatic rings.